The largest absolute Gasteiger partial charge is 0.496 e. The van der Waals surface area contributed by atoms with Crippen LogP contribution in [0.4, 0.5) is 5.13 Å². The summed E-state index contributed by atoms with van der Waals surface area (Å²) >= 11 is 1.18. The van der Waals surface area contributed by atoms with Gasteiger partial charge in [-0.15, -0.1) is 11.3 Å². The number of methoxy groups -OCH3 is 1. The maximum Gasteiger partial charge on any atom is 0.309 e. The fourth-order valence-corrected chi connectivity index (χ4v) is 2.43. The molecule has 7 heteroatoms. The fraction of sp³-hybridized carbons (Fsp3) is 0.133. The van der Waals surface area contributed by atoms with Gasteiger partial charge in [-0.3, -0.25) is 14.9 Å². The van der Waals surface area contributed by atoms with E-state index in [1.165, 1.54) is 17.4 Å². The molecule has 22 heavy (non-hydrogen) atoms. The van der Waals surface area contributed by atoms with Gasteiger partial charge in [-0.05, 0) is 12.1 Å². The number of carbonyl (C=O) groups excluding carboxylic acids is 1. The Hall–Kier alpha value is -2.67. The Morgan fingerprint density at radius 3 is 2.91 bits per heavy atom. The van der Waals surface area contributed by atoms with E-state index in [2.05, 4.69) is 10.3 Å². The summed E-state index contributed by atoms with van der Waals surface area (Å²) in [5.74, 6) is -0.633. The molecule has 114 valence electrons. The van der Waals surface area contributed by atoms with Crippen molar-refractivity contribution in [2.45, 2.75) is 6.42 Å². The lowest BCUT2D eigenvalue weighted by molar-refractivity contribution is -0.136. The third-order valence-electron chi connectivity index (χ3n) is 2.67. The number of hydrogen-bond acceptors (Lipinski definition) is 5. The molecule has 6 nitrogen and oxygen atoms in total. The van der Waals surface area contributed by atoms with E-state index in [0.717, 1.165) is 5.56 Å². The van der Waals surface area contributed by atoms with Gasteiger partial charge in [0.1, 0.15) is 5.75 Å². The van der Waals surface area contributed by atoms with Crippen molar-refractivity contribution in [3.05, 3.63) is 47.0 Å². The number of hydrogen-bond donors (Lipinski definition) is 2. The summed E-state index contributed by atoms with van der Waals surface area (Å²) in [6.07, 6.45) is 2.85. The number of para-hydroxylation sites is 1. The molecule has 1 amide bonds. The van der Waals surface area contributed by atoms with Gasteiger partial charge in [-0.1, -0.05) is 18.2 Å². The highest BCUT2D eigenvalue weighted by Gasteiger charge is 2.07. The van der Waals surface area contributed by atoms with Crippen molar-refractivity contribution in [3.63, 3.8) is 0 Å². The normalized spacial score (nSPS) is 10.6. The van der Waals surface area contributed by atoms with Gasteiger partial charge in [0.25, 0.3) is 0 Å². The van der Waals surface area contributed by atoms with Crippen LogP contribution in [0.25, 0.3) is 6.08 Å². The first-order valence-electron chi connectivity index (χ1n) is 6.37. The number of carbonyl (C=O) groups is 2. The van der Waals surface area contributed by atoms with E-state index in [1.54, 1.807) is 24.6 Å². The van der Waals surface area contributed by atoms with Gasteiger partial charge in [0.2, 0.25) is 5.91 Å². The van der Waals surface area contributed by atoms with E-state index in [0.29, 0.717) is 16.6 Å². The van der Waals surface area contributed by atoms with Gasteiger partial charge in [0, 0.05) is 17.0 Å². The highest BCUT2D eigenvalue weighted by molar-refractivity contribution is 7.14. The van der Waals surface area contributed by atoms with Gasteiger partial charge in [0.05, 0.1) is 19.2 Å². The van der Waals surface area contributed by atoms with Crippen molar-refractivity contribution >= 4 is 34.4 Å². The van der Waals surface area contributed by atoms with Crippen LogP contribution in [0.5, 0.6) is 5.75 Å². The summed E-state index contributed by atoms with van der Waals surface area (Å²) in [5.41, 5.74) is 1.20. The number of carboxylic acids is 1. The van der Waals surface area contributed by atoms with Crippen LogP contribution < -0.4 is 10.1 Å². The number of nitrogens with one attached hydrogen (secondary N) is 1. The van der Waals surface area contributed by atoms with Gasteiger partial charge < -0.3 is 9.84 Å². The summed E-state index contributed by atoms with van der Waals surface area (Å²) in [7, 11) is 1.56. The van der Waals surface area contributed by atoms with E-state index in [9.17, 15) is 9.59 Å². The van der Waals surface area contributed by atoms with E-state index in [4.69, 9.17) is 9.84 Å². The molecule has 0 unspecified atom stereocenters. The number of ether oxygens (including phenoxy) is 1. The topological polar surface area (TPSA) is 88.5 Å². The van der Waals surface area contributed by atoms with Crippen molar-refractivity contribution < 1.29 is 19.4 Å². The first kappa shape index (κ1) is 15.7. The number of aliphatic carboxylic acids is 1. The number of anilines is 1. The van der Waals surface area contributed by atoms with Crippen molar-refractivity contribution in [1.29, 1.82) is 0 Å². The Morgan fingerprint density at radius 1 is 1.41 bits per heavy atom. The maximum atomic E-state index is 11.8. The van der Waals surface area contributed by atoms with Gasteiger partial charge in [-0.25, -0.2) is 4.98 Å². The zero-order chi connectivity index (χ0) is 15.9. The molecule has 0 aliphatic heterocycles. The molecule has 0 atom stereocenters. The van der Waals surface area contributed by atoms with E-state index >= 15 is 0 Å². The molecule has 0 saturated carbocycles. The van der Waals surface area contributed by atoms with Crippen molar-refractivity contribution in [1.82, 2.24) is 4.98 Å². The Labute approximate surface area is 131 Å². The Balaban J connectivity index is 1.99. The Kier molecular flexibility index (Phi) is 5.26. The lowest BCUT2D eigenvalue weighted by Gasteiger charge is -2.03. The first-order chi connectivity index (χ1) is 10.6. The smallest absolute Gasteiger partial charge is 0.309 e. The quantitative estimate of drug-likeness (QED) is 0.799. The van der Waals surface area contributed by atoms with Crippen LogP contribution in [-0.4, -0.2) is 29.1 Å². The molecular formula is C15H14N2O4S. The molecule has 1 aromatic heterocycles. The van der Waals surface area contributed by atoms with Crippen LogP contribution in [-0.2, 0) is 16.0 Å². The van der Waals surface area contributed by atoms with Crippen LogP contribution >= 0.6 is 11.3 Å². The summed E-state index contributed by atoms with van der Waals surface area (Å²) < 4.78 is 5.19. The first-order valence-corrected chi connectivity index (χ1v) is 7.24. The molecule has 1 aromatic carbocycles. The van der Waals surface area contributed by atoms with Crippen LogP contribution in [0.2, 0.25) is 0 Å². The second kappa shape index (κ2) is 7.37. The van der Waals surface area contributed by atoms with Gasteiger partial charge in [0.15, 0.2) is 5.13 Å². The number of rotatable bonds is 6. The van der Waals surface area contributed by atoms with Crippen LogP contribution in [0.3, 0.4) is 0 Å². The molecule has 0 aliphatic rings. The average Bonchev–Trinajstić information content (AvgIpc) is 2.91. The van der Waals surface area contributed by atoms with Crippen molar-refractivity contribution in [3.8, 4) is 5.75 Å². The minimum Gasteiger partial charge on any atom is -0.496 e. The average molecular weight is 318 g/mol. The number of benzene rings is 1. The molecular weight excluding hydrogens is 304 g/mol. The Bertz CT molecular complexity index is 709. The predicted molar refractivity (Wildman–Crippen MR) is 84.1 cm³/mol. The van der Waals surface area contributed by atoms with Crippen LogP contribution in [0.15, 0.2) is 35.7 Å². The Morgan fingerprint density at radius 2 is 2.18 bits per heavy atom. The number of thiazole rings is 1. The zero-order valence-corrected chi connectivity index (χ0v) is 12.6. The molecule has 2 rings (SSSR count). The monoisotopic (exact) mass is 318 g/mol. The van der Waals surface area contributed by atoms with Crippen LogP contribution in [0, 0.1) is 0 Å². The van der Waals surface area contributed by atoms with E-state index < -0.39 is 5.97 Å². The van der Waals surface area contributed by atoms with E-state index in [1.807, 2.05) is 18.2 Å². The third-order valence-corrected chi connectivity index (χ3v) is 3.47. The second-order valence-corrected chi connectivity index (χ2v) is 5.14. The second-order valence-electron chi connectivity index (χ2n) is 4.28. The van der Waals surface area contributed by atoms with E-state index in [-0.39, 0.29) is 12.3 Å². The maximum absolute atomic E-state index is 11.8. The predicted octanol–water partition coefficient (Wildman–Crippen LogP) is 2.43. The highest BCUT2D eigenvalue weighted by atomic mass is 32.1. The zero-order valence-electron chi connectivity index (χ0n) is 11.8. The summed E-state index contributed by atoms with van der Waals surface area (Å²) in [4.78, 5) is 26.4. The molecule has 0 bridgehead atoms. The summed E-state index contributed by atoms with van der Waals surface area (Å²) in [6.45, 7) is 0. The van der Waals surface area contributed by atoms with Crippen molar-refractivity contribution in [2.24, 2.45) is 0 Å². The standard InChI is InChI=1S/C15H14N2O4S/c1-21-12-5-3-2-4-10(12)6-7-13(18)17-15-16-11(9-22-15)8-14(19)20/h2-7,9H,8H2,1H3,(H,19,20)(H,16,17,18)/b7-6+. The molecule has 1 heterocycles. The SMILES string of the molecule is COc1ccccc1/C=C/C(=O)Nc1nc(CC(=O)O)cs1. The molecule has 0 radical (unpaired) electrons. The number of carboxylic acid groups (broad SMARTS) is 1. The number of aromatic nitrogens is 1. The third kappa shape index (κ3) is 4.42. The minimum atomic E-state index is -0.959. The molecule has 0 aliphatic carbocycles. The number of amides is 1. The molecule has 2 aromatic rings. The lowest BCUT2D eigenvalue weighted by Crippen LogP contribution is -2.08. The van der Waals surface area contributed by atoms with Gasteiger partial charge in [-0.2, -0.15) is 0 Å². The summed E-state index contributed by atoms with van der Waals surface area (Å²) in [6, 6.07) is 7.32. The molecule has 2 N–H and O–H groups in total. The number of nitrogens with zero attached hydrogens (tertiary/aromatic N) is 1. The lowest BCUT2D eigenvalue weighted by atomic mass is 10.2. The van der Waals surface area contributed by atoms with Crippen molar-refractivity contribution in [2.75, 3.05) is 12.4 Å². The molecule has 0 spiro atoms. The molecule has 0 fully saturated rings. The molecule has 0 saturated heterocycles. The minimum absolute atomic E-state index is 0.163. The van der Waals surface area contributed by atoms with Gasteiger partial charge >= 0.3 is 5.97 Å². The summed E-state index contributed by atoms with van der Waals surface area (Å²) in [5, 5.41) is 13.2. The highest BCUT2D eigenvalue weighted by Crippen LogP contribution is 2.19. The van der Waals surface area contributed by atoms with Crippen LogP contribution in [0.1, 0.15) is 11.3 Å². The fourth-order valence-electron chi connectivity index (χ4n) is 1.72.